The standard InChI is InChI=1S/C23H28BrN3O4.C15H18BrNO4/c1-12-8-13(2)26-22(29)17(12)10-25-21(28)16-9-18(24)20-19(14(16)3)30-23(4,31-20)15-6-7-27(5)11-15;1-8-10(14(18)19)6-11(16)13-12(8)20-15(2,21-13)9-4-5-17(3)7-9/h8-9,15H,6-7,10-11H2,1-5H3,(H,25,28)(H,26,29);6,9H,4-5,7H2,1-3H3,(H,18,19). The molecular weight excluding hydrogens is 800 g/mol. The minimum absolute atomic E-state index is 0.151. The van der Waals surface area contributed by atoms with Crippen LogP contribution in [0.1, 0.15) is 75.4 Å². The number of fused-ring (bicyclic) bond motifs is 2. The van der Waals surface area contributed by atoms with Gasteiger partial charge in [-0.2, -0.15) is 0 Å². The van der Waals surface area contributed by atoms with Crippen LogP contribution >= 0.6 is 31.9 Å². The maximum absolute atomic E-state index is 13.0. The van der Waals surface area contributed by atoms with Crippen LogP contribution in [0.15, 0.2) is 31.9 Å². The van der Waals surface area contributed by atoms with Crippen LogP contribution in [0.2, 0.25) is 0 Å². The maximum atomic E-state index is 13.0. The number of ether oxygens (including phenoxy) is 4. The van der Waals surface area contributed by atoms with Gasteiger partial charge in [0.1, 0.15) is 0 Å². The zero-order chi connectivity index (χ0) is 37.9. The fourth-order valence-corrected chi connectivity index (χ4v) is 8.55. The van der Waals surface area contributed by atoms with Gasteiger partial charge in [0.25, 0.3) is 23.0 Å². The molecule has 4 aliphatic rings. The van der Waals surface area contributed by atoms with Gasteiger partial charge in [-0.1, -0.05) is 0 Å². The van der Waals surface area contributed by atoms with Gasteiger partial charge in [0.2, 0.25) is 0 Å². The van der Waals surface area contributed by atoms with Gasteiger partial charge in [0.15, 0.2) is 23.0 Å². The molecule has 0 spiro atoms. The van der Waals surface area contributed by atoms with E-state index in [2.05, 4.69) is 66.1 Å². The van der Waals surface area contributed by atoms with Crippen LogP contribution in [0.4, 0.5) is 0 Å². The normalized spacial score (nSPS) is 24.9. The van der Waals surface area contributed by atoms with E-state index in [1.807, 2.05) is 40.7 Å². The summed E-state index contributed by atoms with van der Waals surface area (Å²) in [6.45, 7) is 15.2. The molecule has 0 aliphatic carbocycles. The van der Waals surface area contributed by atoms with E-state index < -0.39 is 17.5 Å². The molecule has 7 rings (SSSR count). The number of halogens is 2. The maximum Gasteiger partial charge on any atom is 0.336 e. The quantitative estimate of drug-likeness (QED) is 0.258. The molecule has 2 aromatic carbocycles. The van der Waals surface area contributed by atoms with E-state index in [0.717, 1.165) is 55.8 Å². The molecule has 5 heterocycles. The summed E-state index contributed by atoms with van der Waals surface area (Å²) >= 11 is 6.94. The van der Waals surface area contributed by atoms with Gasteiger partial charge in [-0.3, -0.25) is 9.59 Å². The predicted molar refractivity (Wildman–Crippen MR) is 203 cm³/mol. The molecule has 0 bridgehead atoms. The monoisotopic (exact) mass is 844 g/mol. The predicted octanol–water partition coefficient (Wildman–Crippen LogP) is 6.33. The van der Waals surface area contributed by atoms with Gasteiger partial charge in [-0.05, 0) is 123 Å². The number of aromatic carboxylic acids is 1. The number of carbonyl (C=O) groups excluding carboxylic acids is 1. The second-order valence-corrected chi connectivity index (χ2v) is 16.5. The van der Waals surface area contributed by atoms with Crippen molar-refractivity contribution in [2.24, 2.45) is 11.8 Å². The van der Waals surface area contributed by atoms with Crippen molar-refractivity contribution < 1.29 is 33.6 Å². The average Bonchev–Trinajstić information content (AvgIpc) is 3.86. The lowest BCUT2D eigenvalue weighted by atomic mass is 9.99. The van der Waals surface area contributed by atoms with Crippen LogP contribution in [0.3, 0.4) is 0 Å². The molecule has 12 nitrogen and oxygen atoms in total. The number of carbonyl (C=O) groups is 2. The van der Waals surface area contributed by atoms with Gasteiger partial charge in [-0.15, -0.1) is 0 Å². The second-order valence-electron chi connectivity index (χ2n) is 14.7. The molecule has 4 aliphatic heterocycles. The van der Waals surface area contributed by atoms with E-state index in [4.69, 9.17) is 18.9 Å². The zero-order valence-electron chi connectivity index (χ0n) is 30.8. The highest BCUT2D eigenvalue weighted by Crippen LogP contribution is 2.52. The molecule has 52 heavy (non-hydrogen) atoms. The SMILES string of the molecule is Cc1c(C(=O)O)cc(Br)c2c1OC(C)(C1CCN(C)C1)O2.Cc1cc(C)c(CNC(=O)c2cc(Br)c3c(c2C)OC(C)(C2CCN(C)C2)O3)c(=O)[nH]1. The number of hydrogen-bond donors (Lipinski definition) is 3. The van der Waals surface area contributed by atoms with Crippen LogP contribution in [0, 0.1) is 39.5 Å². The van der Waals surface area contributed by atoms with Crippen LogP contribution in [-0.2, 0) is 6.54 Å². The van der Waals surface area contributed by atoms with E-state index in [1.54, 1.807) is 19.1 Å². The number of carboxylic acid groups (broad SMARTS) is 1. The lowest BCUT2D eigenvalue weighted by Crippen LogP contribution is -2.44. The largest absolute Gasteiger partial charge is 0.478 e. The molecule has 0 saturated carbocycles. The number of aromatic amines is 1. The van der Waals surface area contributed by atoms with Gasteiger partial charge < -0.3 is 44.2 Å². The van der Waals surface area contributed by atoms with E-state index in [-0.39, 0.29) is 35.4 Å². The molecular formula is C38H46Br2N4O8. The van der Waals surface area contributed by atoms with Crippen molar-refractivity contribution in [2.75, 3.05) is 40.3 Å². The van der Waals surface area contributed by atoms with Crippen molar-refractivity contribution in [2.45, 2.75) is 72.5 Å². The van der Waals surface area contributed by atoms with Gasteiger partial charge >= 0.3 is 5.97 Å². The molecule has 3 aromatic rings. The summed E-state index contributed by atoms with van der Waals surface area (Å²) < 4.78 is 26.1. The first-order valence-corrected chi connectivity index (χ1v) is 19.0. The van der Waals surface area contributed by atoms with Crippen molar-refractivity contribution in [1.82, 2.24) is 20.1 Å². The Morgan fingerprint density at radius 3 is 1.73 bits per heavy atom. The second kappa shape index (κ2) is 14.3. The number of aromatic nitrogens is 1. The third-order valence-corrected chi connectivity index (χ3v) is 11.9. The molecule has 0 radical (unpaired) electrons. The van der Waals surface area contributed by atoms with Crippen molar-refractivity contribution in [1.29, 1.82) is 0 Å². The van der Waals surface area contributed by atoms with Gasteiger partial charge in [0, 0.05) is 73.3 Å². The Morgan fingerprint density at radius 2 is 1.29 bits per heavy atom. The molecule has 14 heteroatoms. The summed E-state index contributed by atoms with van der Waals surface area (Å²) in [4.78, 5) is 43.8. The molecule has 3 N–H and O–H groups in total. The van der Waals surface area contributed by atoms with E-state index in [9.17, 15) is 19.5 Å². The summed E-state index contributed by atoms with van der Waals surface area (Å²) in [5, 5.41) is 12.1. The van der Waals surface area contributed by atoms with Crippen molar-refractivity contribution >= 4 is 43.7 Å². The highest BCUT2D eigenvalue weighted by molar-refractivity contribution is 9.11. The van der Waals surface area contributed by atoms with Gasteiger partial charge in [0.05, 0.1) is 14.5 Å². The van der Waals surface area contributed by atoms with Crippen molar-refractivity contribution in [3.05, 3.63) is 76.6 Å². The Morgan fingerprint density at radius 1 is 0.827 bits per heavy atom. The topological polar surface area (TPSA) is 143 Å². The molecule has 2 fully saturated rings. The summed E-state index contributed by atoms with van der Waals surface area (Å²) in [6, 6.07) is 5.23. The number of carboxylic acids is 1. The van der Waals surface area contributed by atoms with Crippen molar-refractivity contribution in [3.63, 3.8) is 0 Å². The minimum atomic E-state index is -0.964. The van der Waals surface area contributed by atoms with E-state index in [1.165, 1.54) is 0 Å². The molecule has 2 saturated heterocycles. The number of likely N-dealkylation sites (tertiary alicyclic amines) is 2. The Bertz CT molecular complexity index is 2000. The number of nitrogens with zero attached hydrogens (tertiary/aromatic N) is 2. The highest BCUT2D eigenvalue weighted by atomic mass is 79.9. The lowest BCUT2D eigenvalue weighted by Gasteiger charge is -2.29. The number of benzene rings is 2. The Labute approximate surface area is 320 Å². The third-order valence-electron chi connectivity index (χ3n) is 10.8. The van der Waals surface area contributed by atoms with Crippen LogP contribution in [-0.4, -0.2) is 83.6 Å². The number of amides is 1. The molecule has 280 valence electrons. The number of nitrogens with one attached hydrogen (secondary N) is 2. The fourth-order valence-electron chi connectivity index (χ4n) is 7.57. The minimum Gasteiger partial charge on any atom is -0.478 e. The summed E-state index contributed by atoms with van der Waals surface area (Å²) in [7, 11) is 4.17. The zero-order valence-corrected chi connectivity index (χ0v) is 34.0. The Hall–Kier alpha value is -3.59. The number of rotatable bonds is 6. The van der Waals surface area contributed by atoms with Crippen LogP contribution < -0.4 is 29.8 Å². The van der Waals surface area contributed by atoms with Crippen LogP contribution in [0.25, 0.3) is 0 Å². The third kappa shape index (κ3) is 7.19. The molecule has 4 atom stereocenters. The summed E-state index contributed by atoms with van der Waals surface area (Å²) in [6.07, 6.45) is 2.00. The Balaban J connectivity index is 0.000000192. The number of aryl methyl sites for hydroxylation is 2. The lowest BCUT2D eigenvalue weighted by molar-refractivity contribution is -0.107. The molecule has 1 amide bonds. The molecule has 4 unspecified atom stereocenters. The van der Waals surface area contributed by atoms with E-state index in [0.29, 0.717) is 48.6 Å². The van der Waals surface area contributed by atoms with Gasteiger partial charge in [-0.25, -0.2) is 4.79 Å². The highest BCUT2D eigenvalue weighted by Gasteiger charge is 2.49. The van der Waals surface area contributed by atoms with Crippen molar-refractivity contribution in [3.8, 4) is 23.0 Å². The first-order chi connectivity index (χ1) is 24.4. The average molecular weight is 847 g/mol. The first-order valence-electron chi connectivity index (χ1n) is 17.4. The van der Waals surface area contributed by atoms with E-state index >= 15 is 0 Å². The number of pyridine rings is 1. The number of hydrogen-bond acceptors (Lipinski definition) is 9. The summed E-state index contributed by atoms with van der Waals surface area (Å²) in [5.41, 5.74) is 4.07. The smallest absolute Gasteiger partial charge is 0.336 e. The summed E-state index contributed by atoms with van der Waals surface area (Å²) in [5.74, 6) is 0.150. The van der Waals surface area contributed by atoms with Crippen LogP contribution in [0.5, 0.6) is 23.0 Å². The first kappa shape index (κ1) is 38.1. The fraction of sp³-hybridized carbons (Fsp3) is 0.500. The molecule has 1 aromatic heterocycles. The Kier molecular flexibility index (Phi) is 10.5. The number of H-pyrrole nitrogens is 1.